The number of aromatic nitrogens is 9. The van der Waals surface area contributed by atoms with Gasteiger partial charge in [0.25, 0.3) is 11.8 Å². The van der Waals surface area contributed by atoms with Crippen molar-refractivity contribution in [2.75, 3.05) is 31.7 Å². The van der Waals surface area contributed by atoms with E-state index in [4.69, 9.17) is 10.6 Å². The number of nitrogens with zero attached hydrogens (tertiary/aromatic N) is 10. The Balaban J connectivity index is 1.26. The first-order valence-electron chi connectivity index (χ1n) is 13.5. The molecule has 0 aromatic carbocycles. The summed E-state index contributed by atoms with van der Waals surface area (Å²) in [6.07, 6.45) is 4.79. The highest BCUT2D eigenvalue weighted by atomic mass is 32.2. The number of thioether (sulfide) groups is 1. The Morgan fingerprint density at radius 2 is 2.28 bits per heavy atom. The van der Waals surface area contributed by atoms with Crippen LogP contribution in [0.5, 0.6) is 0 Å². The van der Waals surface area contributed by atoms with Gasteiger partial charge in [-0.25, -0.2) is 4.57 Å². The van der Waals surface area contributed by atoms with Crippen LogP contribution in [0.3, 0.4) is 0 Å². The lowest BCUT2D eigenvalue weighted by Crippen LogP contribution is -2.70. The number of amides is 2. The lowest BCUT2D eigenvalue weighted by Gasteiger charge is -2.49. The van der Waals surface area contributed by atoms with E-state index in [2.05, 4.69) is 55.3 Å². The number of H-pyrrole nitrogens is 1. The zero-order valence-corrected chi connectivity index (χ0v) is 24.9. The summed E-state index contributed by atoms with van der Waals surface area (Å²) in [6.45, 7) is 4.17. The van der Waals surface area contributed by atoms with Gasteiger partial charge in [-0.15, -0.1) is 22.0 Å². The van der Waals surface area contributed by atoms with Gasteiger partial charge >= 0.3 is 5.65 Å². The molecule has 1 saturated heterocycles. The summed E-state index contributed by atoms with van der Waals surface area (Å²) in [7, 11) is 1.94. The molecule has 4 aromatic heterocycles. The van der Waals surface area contributed by atoms with Crippen molar-refractivity contribution in [3.05, 3.63) is 41.9 Å². The molecule has 2 atom stereocenters. The van der Waals surface area contributed by atoms with Crippen molar-refractivity contribution in [1.82, 2.24) is 55.1 Å². The minimum Gasteiger partial charge on any atom is -0.395 e. The number of aromatic amines is 1. The van der Waals surface area contributed by atoms with Crippen molar-refractivity contribution < 1.29 is 19.0 Å². The maximum absolute atomic E-state index is 13.6. The molecule has 2 amide bonds. The quantitative estimate of drug-likeness (QED) is 0.0498. The molecule has 0 bridgehead atoms. The van der Waals surface area contributed by atoms with Crippen LogP contribution in [0.2, 0.25) is 0 Å². The molecule has 0 spiro atoms. The molecule has 19 heteroatoms. The molecule has 17 nitrogen and oxygen atoms in total. The number of imidazole rings is 1. The summed E-state index contributed by atoms with van der Waals surface area (Å²) in [5.74, 6) is -0.0842. The van der Waals surface area contributed by atoms with Crippen LogP contribution in [-0.4, -0.2) is 99.3 Å². The highest BCUT2D eigenvalue weighted by molar-refractivity contribution is 8.00. The van der Waals surface area contributed by atoms with E-state index in [9.17, 15) is 9.59 Å². The second-order valence-electron chi connectivity index (χ2n) is 9.60. The molecule has 224 valence electrons. The second-order valence-corrected chi connectivity index (χ2v) is 11.5. The van der Waals surface area contributed by atoms with Crippen LogP contribution >= 0.6 is 23.3 Å². The monoisotopic (exact) mass is 625 g/mol. The average Bonchev–Trinajstić information content (AvgIpc) is 3.78. The van der Waals surface area contributed by atoms with Crippen LogP contribution in [-0.2, 0) is 27.5 Å². The predicted molar refractivity (Wildman–Crippen MR) is 157 cm³/mol. The van der Waals surface area contributed by atoms with E-state index < -0.39 is 17.3 Å². The van der Waals surface area contributed by atoms with Gasteiger partial charge in [0.2, 0.25) is 23.7 Å². The zero-order chi connectivity index (χ0) is 29.9. The number of carbonyl (C=O) groups is 2. The van der Waals surface area contributed by atoms with Crippen molar-refractivity contribution in [3.63, 3.8) is 0 Å². The number of fused-ring (bicyclic) bond motifs is 2. The molecule has 6 heterocycles. The molecular formula is C24H29N14O3S2+. The normalized spacial score (nSPS) is 18.6. The van der Waals surface area contributed by atoms with Gasteiger partial charge in [0, 0.05) is 29.4 Å². The number of nitrogen functional groups attached to an aromatic ring is 1. The van der Waals surface area contributed by atoms with Crippen molar-refractivity contribution >= 4 is 62.8 Å². The van der Waals surface area contributed by atoms with Gasteiger partial charge in [-0.2, -0.15) is 14.6 Å². The number of β-lactam (4-membered cyclic amide) rings is 1. The molecule has 4 aromatic rings. The van der Waals surface area contributed by atoms with Crippen molar-refractivity contribution in [3.8, 4) is 0 Å². The van der Waals surface area contributed by atoms with E-state index in [1.54, 1.807) is 11.8 Å². The average molecular weight is 626 g/mol. The number of hydrogen-bond donors (Lipinski definition) is 4. The number of anilines is 1. The van der Waals surface area contributed by atoms with E-state index >= 15 is 0 Å². The summed E-state index contributed by atoms with van der Waals surface area (Å²) >= 11 is 2.46. The molecule has 6 rings (SSSR count). The van der Waals surface area contributed by atoms with Gasteiger partial charge in [-0.3, -0.25) is 14.5 Å². The Morgan fingerprint density at radius 3 is 3.02 bits per heavy atom. The number of tetrazole rings is 1. The fourth-order valence-electron chi connectivity index (χ4n) is 4.95. The van der Waals surface area contributed by atoms with Gasteiger partial charge in [-0.05, 0) is 49.3 Å². The summed E-state index contributed by atoms with van der Waals surface area (Å²) in [5, 5.41) is 24.2. The molecule has 2 aliphatic heterocycles. The Labute approximate surface area is 253 Å². The minimum atomic E-state index is -0.826. The SMILES string of the molecule is CCO/N=C(\C(=O)N[C@@H]1C(=O)N2C(c3nn[nH]n3)=C(C[n+]3cccc4c3ncn4CCCNC)CS[C@H]12)c1nsc(N)n1. The highest BCUT2D eigenvalue weighted by Gasteiger charge is 2.54. The van der Waals surface area contributed by atoms with Gasteiger partial charge in [0.1, 0.15) is 30.1 Å². The van der Waals surface area contributed by atoms with Gasteiger partial charge < -0.3 is 25.8 Å². The van der Waals surface area contributed by atoms with Crippen LogP contribution < -0.4 is 20.9 Å². The van der Waals surface area contributed by atoms with Gasteiger partial charge in [0.15, 0.2) is 5.13 Å². The number of oxime groups is 1. The lowest BCUT2D eigenvalue weighted by molar-refractivity contribution is -0.664. The minimum absolute atomic E-state index is 0.0266. The number of carbonyl (C=O) groups excluding carboxylic acids is 2. The third kappa shape index (κ3) is 5.53. The largest absolute Gasteiger partial charge is 0.395 e. The molecule has 43 heavy (non-hydrogen) atoms. The number of pyridine rings is 1. The summed E-state index contributed by atoms with van der Waals surface area (Å²) in [5.41, 5.74) is 8.87. The topological polar surface area (TPSA) is 211 Å². The Morgan fingerprint density at radius 1 is 1.40 bits per heavy atom. The predicted octanol–water partition coefficient (Wildman–Crippen LogP) is -0.868. The number of nitrogens with one attached hydrogen (secondary N) is 3. The first-order chi connectivity index (χ1) is 21.0. The van der Waals surface area contributed by atoms with Crippen LogP contribution in [0.25, 0.3) is 16.9 Å². The van der Waals surface area contributed by atoms with Crippen LogP contribution in [0.4, 0.5) is 5.13 Å². The van der Waals surface area contributed by atoms with Crippen LogP contribution in [0.1, 0.15) is 25.0 Å². The van der Waals surface area contributed by atoms with E-state index in [-0.39, 0.29) is 29.2 Å². The molecule has 0 unspecified atom stereocenters. The maximum Gasteiger partial charge on any atom is 0.349 e. The van der Waals surface area contributed by atoms with Crippen molar-refractivity contribution in [1.29, 1.82) is 0 Å². The summed E-state index contributed by atoms with van der Waals surface area (Å²) in [4.78, 5) is 42.2. The zero-order valence-electron chi connectivity index (χ0n) is 23.3. The van der Waals surface area contributed by atoms with Crippen LogP contribution in [0.15, 0.2) is 35.4 Å². The van der Waals surface area contributed by atoms with E-state index in [1.165, 1.54) is 11.8 Å². The Bertz CT molecular complexity index is 1700. The second kappa shape index (κ2) is 12.4. The van der Waals surface area contributed by atoms with E-state index in [1.807, 2.05) is 36.3 Å². The highest BCUT2D eigenvalue weighted by Crippen LogP contribution is 2.43. The molecule has 0 aliphatic carbocycles. The maximum atomic E-state index is 13.6. The third-order valence-electron chi connectivity index (χ3n) is 6.88. The van der Waals surface area contributed by atoms with Crippen molar-refractivity contribution in [2.45, 2.75) is 37.8 Å². The Kier molecular flexibility index (Phi) is 8.25. The molecule has 0 saturated carbocycles. The molecular weight excluding hydrogens is 596 g/mol. The standard InChI is InChI=1S/C24H28N14O3S2/c1-3-41-32-15(18-29-24(25)43-33-18)21(39)28-16-22(40)38-17(19-30-34-35-31-19)13(11-42-23(16)38)10-36-8-4-6-14-20(36)27-12-37(14)9-5-7-26-2/h4,6,8,12,16,23,26H,3,5,7,9-11H2,1-2H3,(H3-,25,28,29,30,31,33,34,35,39)/p+1/b32-15-/t16-,23-/m1/s1. The summed E-state index contributed by atoms with van der Waals surface area (Å²) in [6, 6.07) is 3.20. The fraction of sp³-hybridized carbons (Fsp3) is 0.417. The first kappa shape index (κ1) is 28.6. The van der Waals surface area contributed by atoms with Gasteiger partial charge in [0.05, 0.1) is 11.9 Å². The van der Waals surface area contributed by atoms with Crippen molar-refractivity contribution in [2.24, 2.45) is 5.16 Å². The number of rotatable bonds is 12. The van der Waals surface area contributed by atoms with Gasteiger partial charge in [-0.1, -0.05) is 5.16 Å². The number of aryl methyl sites for hydroxylation is 1. The number of hydrogen-bond acceptors (Lipinski definition) is 14. The molecule has 5 N–H and O–H groups in total. The van der Waals surface area contributed by atoms with E-state index in [0.717, 1.165) is 47.8 Å². The fourth-order valence-corrected chi connectivity index (χ4v) is 6.72. The molecule has 1 fully saturated rings. The number of nitrogens with two attached hydrogens (primary N) is 1. The molecule has 0 radical (unpaired) electrons. The smallest absolute Gasteiger partial charge is 0.349 e. The third-order valence-corrected chi connectivity index (χ3v) is 8.76. The van der Waals surface area contributed by atoms with E-state index in [0.29, 0.717) is 23.8 Å². The molecule has 2 aliphatic rings. The lowest BCUT2D eigenvalue weighted by atomic mass is 10.0. The first-order valence-corrected chi connectivity index (χ1v) is 15.3. The Hall–Kier alpha value is -4.49. The van der Waals surface area contributed by atoms with Crippen LogP contribution in [0, 0.1) is 0 Å². The summed E-state index contributed by atoms with van der Waals surface area (Å²) < 4.78 is 8.25.